The summed E-state index contributed by atoms with van der Waals surface area (Å²) in [5.74, 6) is 0.00428. The lowest BCUT2D eigenvalue weighted by Crippen LogP contribution is -2.48. The van der Waals surface area contributed by atoms with E-state index in [2.05, 4.69) is 29.4 Å². The number of fused-ring (bicyclic) bond motifs is 1. The number of carbonyl (C=O) groups excluding carboxylic acids is 1. The van der Waals surface area contributed by atoms with Gasteiger partial charge in [-0.25, -0.2) is 0 Å². The second kappa shape index (κ2) is 7.87. The van der Waals surface area contributed by atoms with Crippen LogP contribution in [0.5, 0.6) is 0 Å². The number of nitrogens with zero attached hydrogens (tertiary/aromatic N) is 1. The normalized spacial score (nSPS) is 12.8. The van der Waals surface area contributed by atoms with Gasteiger partial charge in [0.25, 0.3) is 5.91 Å². The molecular formula is C15H25Cl2N3O. The van der Waals surface area contributed by atoms with Crippen LogP contribution in [-0.2, 0) is 6.42 Å². The summed E-state index contributed by atoms with van der Waals surface area (Å²) in [5, 5.41) is 6.31. The SMILES string of the molecule is CN(C)C(C)(C)CNC(=O)c1ccc2c(c1)CCN2.Cl.Cl. The summed E-state index contributed by atoms with van der Waals surface area (Å²) in [6.07, 6.45) is 1.000. The van der Waals surface area contributed by atoms with Crippen molar-refractivity contribution in [1.82, 2.24) is 10.2 Å². The Morgan fingerprint density at radius 1 is 1.33 bits per heavy atom. The first kappa shape index (κ1) is 20.0. The number of carbonyl (C=O) groups is 1. The molecule has 0 fully saturated rings. The third-order valence-electron chi connectivity index (χ3n) is 3.97. The maximum atomic E-state index is 12.2. The Labute approximate surface area is 139 Å². The van der Waals surface area contributed by atoms with Crippen molar-refractivity contribution >= 4 is 36.4 Å². The van der Waals surface area contributed by atoms with Crippen LogP contribution < -0.4 is 10.6 Å². The van der Waals surface area contributed by atoms with E-state index in [4.69, 9.17) is 0 Å². The number of nitrogens with one attached hydrogen (secondary N) is 2. The zero-order valence-corrected chi connectivity index (χ0v) is 14.7. The van der Waals surface area contributed by atoms with E-state index in [1.165, 1.54) is 5.56 Å². The van der Waals surface area contributed by atoms with Crippen LogP contribution in [0.1, 0.15) is 29.8 Å². The first-order chi connectivity index (χ1) is 8.90. The highest BCUT2D eigenvalue weighted by molar-refractivity contribution is 5.95. The van der Waals surface area contributed by atoms with Gasteiger partial charge >= 0.3 is 0 Å². The van der Waals surface area contributed by atoms with E-state index >= 15 is 0 Å². The van der Waals surface area contributed by atoms with E-state index in [0.717, 1.165) is 24.2 Å². The molecule has 1 aliphatic rings. The van der Waals surface area contributed by atoms with Gasteiger partial charge in [0.1, 0.15) is 0 Å². The molecule has 0 atom stereocenters. The predicted octanol–water partition coefficient (Wildman–Crippen LogP) is 2.57. The molecule has 2 N–H and O–H groups in total. The average molecular weight is 334 g/mol. The zero-order valence-electron chi connectivity index (χ0n) is 13.0. The molecule has 0 saturated heterocycles. The summed E-state index contributed by atoms with van der Waals surface area (Å²) < 4.78 is 0. The highest BCUT2D eigenvalue weighted by Crippen LogP contribution is 2.23. The van der Waals surface area contributed by atoms with Crippen molar-refractivity contribution in [3.63, 3.8) is 0 Å². The second-order valence-electron chi connectivity index (χ2n) is 5.94. The van der Waals surface area contributed by atoms with Gasteiger partial charge in [-0.2, -0.15) is 0 Å². The molecule has 4 nitrogen and oxygen atoms in total. The Kier molecular flexibility index (Phi) is 7.51. The van der Waals surface area contributed by atoms with Crippen LogP contribution in [0.2, 0.25) is 0 Å². The summed E-state index contributed by atoms with van der Waals surface area (Å²) in [6, 6.07) is 5.87. The Balaban J connectivity index is 0.00000200. The van der Waals surface area contributed by atoms with Crippen LogP contribution in [0.15, 0.2) is 18.2 Å². The number of likely N-dealkylation sites (N-methyl/N-ethyl adjacent to an activating group) is 1. The van der Waals surface area contributed by atoms with Crippen molar-refractivity contribution < 1.29 is 4.79 Å². The minimum atomic E-state index is -0.0477. The molecule has 0 spiro atoms. The summed E-state index contributed by atoms with van der Waals surface area (Å²) in [7, 11) is 4.04. The van der Waals surface area contributed by atoms with Crippen LogP contribution in [0.25, 0.3) is 0 Å². The molecule has 1 aromatic carbocycles. The van der Waals surface area contributed by atoms with Crippen LogP contribution in [-0.4, -0.2) is 43.5 Å². The molecule has 0 saturated carbocycles. The van der Waals surface area contributed by atoms with E-state index in [0.29, 0.717) is 6.54 Å². The minimum absolute atomic E-state index is 0. The van der Waals surface area contributed by atoms with E-state index < -0.39 is 0 Å². The third kappa shape index (κ3) is 4.77. The molecule has 6 heteroatoms. The van der Waals surface area contributed by atoms with Gasteiger partial charge in [-0.15, -0.1) is 24.8 Å². The van der Waals surface area contributed by atoms with Crippen molar-refractivity contribution in [3.8, 4) is 0 Å². The summed E-state index contributed by atoms with van der Waals surface area (Å²) in [6.45, 7) is 5.82. The number of rotatable bonds is 4. The topological polar surface area (TPSA) is 44.4 Å². The third-order valence-corrected chi connectivity index (χ3v) is 3.97. The van der Waals surface area contributed by atoms with E-state index in [-0.39, 0.29) is 36.3 Å². The van der Waals surface area contributed by atoms with E-state index in [1.54, 1.807) is 0 Å². The molecule has 1 heterocycles. The fourth-order valence-corrected chi connectivity index (χ4v) is 2.00. The van der Waals surface area contributed by atoms with Gasteiger partial charge in [0.15, 0.2) is 0 Å². The number of hydrogen-bond donors (Lipinski definition) is 2. The minimum Gasteiger partial charge on any atom is -0.384 e. The maximum absolute atomic E-state index is 12.2. The molecule has 2 rings (SSSR count). The average Bonchev–Trinajstić information content (AvgIpc) is 2.82. The highest BCUT2D eigenvalue weighted by atomic mass is 35.5. The van der Waals surface area contributed by atoms with Gasteiger partial charge in [-0.1, -0.05) is 0 Å². The van der Waals surface area contributed by atoms with Crippen molar-refractivity contribution in [1.29, 1.82) is 0 Å². The Hall–Kier alpha value is -0.970. The standard InChI is InChI=1S/C15H23N3O.2ClH/c1-15(2,18(3)4)10-17-14(19)12-5-6-13-11(9-12)7-8-16-13;;/h5-6,9,16H,7-8,10H2,1-4H3,(H,17,19);2*1H. The fraction of sp³-hybridized carbons (Fsp3) is 0.533. The van der Waals surface area contributed by atoms with Gasteiger partial charge in [-0.3, -0.25) is 4.79 Å². The molecule has 1 aliphatic heterocycles. The second-order valence-corrected chi connectivity index (χ2v) is 5.94. The molecule has 1 amide bonds. The summed E-state index contributed by atoms with van der Waals surface area (Å²) >= 11 is 0. The fourth-order valence-electron chi connectivity index (χ4n) is 2.00. The molecule has 0 unspecified atom stereocenters. The van der Waals surface area contributed by atoms with Gasteiger partial charge in [-0.05, 0) is 58.1 Å². The van der Waals surface area contributed by atoms with Gasteiger partial charge in [0.2, 0.25) is 0 Å². The molecule has 0 aromatic heterocycles. The van der Waals surface area contributed by atoms with Crippen molar-refractivity contribution in [2.24, 2.45) is 0 Å². The number of hydrogen-bond acceptors (Lipinski definition) is 3. The smallest absolute Gasteiger partial charge is 0.251 e. The lowest BCUT2D eigenvalue weighted by molar-refractivity contribution is 0.0919. The van der Waals surface area contributed by atoms with Gasteiger partial charge in [0, 0.05) is 29.9 Å². The first-order valence-corrected chi connectivity index (χ1v) is 6.72. The predicted molar refractivity (Wildman–Crippen MR) is 93.2 cm³/mol. The van der Waals surface area contributed by atoms with Crippen LogP contribution in [0, 0.1) is 0 Å². The monoisotopic (exact) mass is 333 g/mol. The first-order valence-electron chi connectivity index (χ1n) is 6.72. The van der Waals surface area contributed by atoms with Crippen LogP contribution >= 0.6 is 24.8 Å². The molecule has 0 radical (unpaired) electrons. The van der Waals surface area contributed by atoms with E-state index in [9.17, 15) is 4.79 Å². The Morgan fingerprint density at radius 2 is 2.00 bits per heavy atom. The zero-order chi connectivity index (χ0) is 14.0. The summed E-state index contributed by atoms with van der Waals surface area (Å²) in [5.41, 5.74) is 3.09. The van der Waals surface area contributed by atoms with E-state index in [1.807, 2.05) is 32.3 Å². The lowest BCUT2D eigenvalue weighted by Gasteiger charge is -2.32. The van der Waals surface area contributed by atoms with Crippen molar-refractivity contribution in [2.75, 3.05) is 32.5 Å². The van der Waals surface area contributed by atoms with Crippen LogP contribution in [0.3, 0.4) is 0 Å². The molecule has 21 heavy (non-hydrogen) atoms. The molecule has 120 valence electrons. The van der Waals surface area contributed by atoms with Gasteiger partial charge in [0.05, 0.1) is 0 Å². The van der Waals surface area contributed by atoms with Crippen LogP contribution in [0.4, 0.5) is 5.69 Å². The summed E-state index contributed by atoms with van der Waals surface area (Å²) in [4.78, 5) is 14.3. The molecule has 0 aliphatic carbocycles. The Morgan fingerprint density at radius 3 is 2.62 bits per heavy atom. The molecule has 0 bridgehead atoms. The highest BCUT2D eigenvalue weighted by Gasteiger charge is 2.21. The van der Waals surface area contributed by atoms with Gasteiger partial charge < -0.3 is 15.5 Å². The molecular weight excluding hydrogens is 309 g/mol. The lowest BCUT2D eigenvalue weighted by atomic mass is 10.0. The Bertz CT molecular complexity index is 490. The largest absolute Gasteiger partial charge is 0.384 e. The number of amides is 1. The maximum Gasteiger partial charge on any atom is 0.251 e. The molecule has 1 aromatic rings. The number of anilines is 1. The number of benzene rings is 1. The number of halogens is 2. The van der Waals surface area contributed by atoms with Crippen molar-refractivity contribution in [2.45, 2.75) is 25.8 Å². The quantitative estimate of drug-likeness (QED) is 0.890. The van der Waals surface area contributed by atoms with Crippen molar-refractivity contribution in [3.05, 3.63) is 29.3 Å².